The molecule has 0 spiro atoms. The molecule has 0 amide bonds. The van der Waals surface area contributed by atoms with Crippen molar-refractivity contribution in [3.63, 3.8) is 0 Å². The molecular formula is C35H44Si. The van der Waals surface area contributed by atoms with Crippen LogP contribution < -0.4 is 15.6 Å². The smallest absolute Gasteiger partial charge is 0.0647 e. The molecule has 0 saturated carbocycles. The molecule has 0 atom stereocenters. The molecule has 0 aromatic heterocycles. The molecule has 1 aliphatic carbocycles. The van der Waals surface area contributed by atoms with Crippen LogP contribution in [-0.4, -0.2) is 8.07 Å². The van der Waals surface area contributed by atoms with Gasteiger partial charge in [0.25, 0.3) is 0 Å². The summed E-state index contributed by atoms with van der Waals surface area (Å²) < 4.78 is 0. The van der Waals surface area contributed by atoms with Crippen LogP contribution in [0.5, 0.6) is 0 Å². The highest BCUT2D eigenvalue weighted by Crippen LogP contribution is 2.47. The molecule has 0 N–H and O–H groups in total. The topological polar surface area (TPSA) is 0 Å². The fraction of sp³-hybridized carbons (Fsp3) is 0.371. The second-order valence-electron chi connectivity index (χ2n) is 11.2. The summed E-state index contributed by atoms with van der Waals surface area (Å²) >= 11 is 0. The van der Waals surface area contributed by atoms with Gasteiger partial charge in [-0.3, -0.25) is 0 Å². The number of allylic oxidation sites excluding steroid dienone is 4. The molecule has 1 heteroatoms. The van der Waals surface area contributed by atoms with E-state index in [1.165, 1.54) is 44.5 Å². The Morgan fingerprint density at radius 3 is 1.36 bits per heavy atom. The standard InChI is InChI=1S/C35H44Si/c1-11-30-19-31(12-2)21-32(20-30)36(33-17-22(3)13-15-24(33)5,34-18-23(4)14-16-25(34)6)35-28(9)26(7)27(8)29(35)10/h13-21,35H,11-12H2,1-10H3. The van der Waals surface area contributed by atoms with Gasteiger partial charge in [-0.25, -0.2) is 0 Å². The van der Waals surface area contributed by atoms with Crippen molar-refractivity contribution in [3.05, 3.63) is 110 Å². The van der Waals surface area contributed by atoms with E-state index < -0.39 is 8.07 Å². The molecule has 4 rings (SSSR count). The highest BCUT2D eigenvalue weighted by molar-refractivity contribution is 7.13. The fourth-order valence-electron chi connectivity index (χ4n) is 6.65. The van der Waals surface area contributed by atoms with Crippen LogP contribution in [0.2, 0.25) is 5.54 Å². The Labute approximate surface area is 221 Å². The van der Waals surface area contributed by atoms with Gasteiger partial charge < -0.3 is 0 Å². The van der Waals surface area contributed by atoms with Crippen LogP contribution in [0.25, 0.3) is 0 Å². The first kappa shape index (κ1) is 26.4. The Hall–Kier alpha value is -2.64. The lowest BCUT2D eigenvalue weighted by atomic mass is 10.1. The molecule has 0 bridgehead atoms. The highest BCUT2D eigenvalue weighted by Gasteiger charge is 2.51. The quantitative estimate of drug-likeness (QED) is 0.246. The van der Waals surface area contributed by atoms with E-state index in [0.29, 0.717) is 5.54 Å². The average Bonchev–Trinajstić information content (AvgIpc) is 3.06. The van der Waals surface area contributed by atoms with Crippen LogP contribution in [0.1, 0.15) is 74.9 Å². The Morgan fingerprint density at radius 2 is 0.972 bits per heavy atom. The van der Waals surface area contributed by atoms with Gasteiger partial charge in [-0.1, -0.05) is 102 Å². The summed E-state index contributed by atoms with van der Waals surface area (Å²) in [7, 11) is -2.56. The van der Waals surface area contributed by atoms with Gasteiger partial charge in [0.1, 0.15) is 0 Å². The van der Waals surface area contributed by atoms with E-state index in [2.05, 4.69) is 124 Å². The lowest BCUT2D eigenvalue weighted by Gasteiger charge is -2.43. The summed E-state index contributed by atoms with van der Waals surface area (Å²) in [5.74, 6) is 0. The van der Waals surface area contributed by atoms with E-state index in [4.69, 9.17) is 0 Å². The second-order valence-corrected chi connectivity index (χ2v) is 15.1. The molecule has 3 aromatic rings. The van der Waals surface area contributed by atoms with Gasteiger partial charge >= 0.3 is 0 Å². The van der Waals surface area contributed by atoms with Crippen LogP contribution in [0.15, 0.2) is 76.9 Å². The predicted molar refractivity (Wildman–Crippen MR) is 162 cm³/mol. The predicted octanol–water partition coefficient (Wildman–Crippen LogP) is 7.57. The van der Waals surface area contributed by atoms with Crippen molar-refractivity contribution in [1.82, 2.24) is 0 Å². The van der Waals surface area contributed by atoms with Crippen LogP contribution in [0.4, 0.5) is 0 Å². The maximum atomic E-state index is 2.58. The molecule has 0 fully saturated rings. The summed E-state index contributed by atoms with van der Waals surface area (Å²) in [4.78, 5) is 0. The van der Waals surface area contributed by atoms with Gasteiger partial charge in [0.05, 0.1) is 0 Å². The van der Waals surface area contributed by atoms with Gasteiger partial charge in [-0.2, -0.15) is 0 Å². The van der Waals surface area contributed by atoms with Gasteiger partial charge in [-0.05, 0) is 106 Å². The highest BCUT2D eigenvalue weighted by atomic mass is 28.3. The number of hydrogen-bond donors (Lipinski definition) is 0. The molecular weight excluding hydrogens is 448 g/mol. The normalized spacial score (nSPS) is 14.8. The van der Waals surface area contributed by atoms with E-state index in [1.54, 1.807) is 26.7 Å². The number of rotatable bonds is 6. The van der Waals surface area contributed by atoms with Crippen LogP contribution in [0.3, 0.4) is 0 Å². The van der Waals surface area contributed by atoms with E-state index >= 15 is 0 Å². The zero-order valence-electron chi connectivity index (χ0n) is 24.2. The zero-order valence-corrected chi connectivity index (χ0v) is 25.2. The van der Waals surface area contributed by atoms with Crippen molar-refractivity contribution >= 4 is 23.6 Å². The third kappa shape index (κ3) is 4.16. The molecule has 0 aliphatic heterocycles. The molecule has 0 saturated heterocycles. The summed E-state index contributed by atoms with van der Waals surface area (Å²) in [6, 6.07) is 22.0. The largest absolute Gasteiger partial charge is 0.159 e. The molecule has 0 heterocycles. The van der Waals surface area contributed by atoms with Crippen LogP contribution >= 0.6 is 0 Å². The Balaban J connectivity index is 2.32. The van der Waals surface area contributed by atoms with Gasteiger partial charge in [0.15, 0.2) is 8.07 Å². The zero-order chi connectivity index (χ0) is 26.4. The minimum Gasteiger partial charge on any atom is -0.0647 e. The Morgan fingerprint density at radius 1 is 0.556 bits per heavy atom. The number of benzene rings is 3. The first-order valence-corrected chi connectivity index (χ1v) is 15.8. The molecule has 188 valence electrons. The van der Waals surface area contributed by atoms with Crippen molar-refractivity contribution in [2.75, 3.05) is 0 Å². The summed E-state index contributed by atoms with van der Waals surface area (Å²) in [5.41, 5.74) is 15.0. The molecule has 0 radical (unpaired) electrons. The van der Waals surface area contributed by atoms with Gasteiger partial charge in [-0.15, -0.1) is 0 Å². The molecule has 1 aliphatic rings. The van der Waals surface area contributed by atoms with E-state index in [-0.39, 0.29) is 0 Å². The van der Waals surface area contributed by atoms with Crippen LogP contribution in [0, 0.1) is 27.7 Å². The maximum Gasteiger partial charge on any atom is 0.159 e. The fourth-order valence-corrected chi connectivity index (χ4v) is 13.4. The third-order valence-corrected chi connectivity index (χ3v) is 14.7. The minimum absolute atomic E-state index is 0.412. The molecule has 0 unspecified atom stereocenters. The second kappa shape index (κ2) is 10.0. The van der Waals surface area contributed by atoms with Crippen molar-refractivity contribution < 1.29 is 0 Å². The molecule has 0 nitrogen and oxygen atoms in total. The van der Waals surface area contributed by atoms with E-state index in [1.807, 2.05) is 0 Å². The van der Waals surface area contributed by atoms with Gasteiger partial charge in [0, 0.05) is 5.54 Å². The Kier molecular flexibility index (Phi) is 7.35. The lowest BCUT2D eigenvalue weighted by molar-refractivity contribution is 1.07. The average molecular weight is 493 g/mol. The summed E-state index contributed by atoms with van der Waals surface area (Å²) in [6.45, 7) is 23.4. The SMILES string of the molecule is CCc1cc(CC)cc([Si](c2cc(C)ccc2C)(c2cc(C)ccc2C)C2C(C)=C(C)C(C)=C2C)c1. The molecule has 36 heavy (non-hydrogen) atoms. The van der Waals surface area contributed by atoms with Crippen LogP contribution in [-0.2, 0) is 12.8 Å². The minimum atomic E-state index is -2.56. The van der Waals surface area contributed by atoms with Crippen molar-refractivity contribution in [2.45, 2.75) is 87.6 Å². The first-order valence-electron chi connectivity index (χ1n) is 13.7. The monoisotopic (exact) mass is 492 g/mol. The van der Waals surface area contributed by atoms with Crippen molar-refractivity contribution in [1.29, 1.82) is 0 Å². The third-order valence-electron chi connectivity index (χ3n) is 9.00. The lowest BCUT2D eigenvalue weighted by Crippen LogP contribution is -2.71. The summed E-state index contributed by atoms with van der Waals surface area (Å²) in [6.07, 6.45) is 2.13. The van der Waals surface area contributed by atoms with Crippen molar-refractivity contribution in [2.24, 2.45) is 0 Å². The van der Waals surface area contributed by atoms with E-state index in [0.717, 1.165) is 12.8 Å². The maximum absolute atomic E-state index is 2.58. The first-order chi connectivity index (χ1) is 17.1. The number of hydrogen-bond acceptors (Lipinski definition) is 0. The number of aryl methyl sites for hydroxylation is 6. The van der Waals surface area contributed by atoms with E-state index in [9.17, 15) is 0 Å². The molecule has 3 aromatic carbocycles. The van der Waals surface area contributed by atoms with Crippen molar-refractivity contribution in [3.8, 4) is 0 Å². The summed E-state index contributed by atoms with van der Waals surface area (Å²) in [5, 5.41) is 4.74. The Bertz CT molecular complexity index is 1280. The van der Waals surface area contributed by atoms with Gasteiger partial charge in [0.2, 0.25) is 0 Å².